The molecular formula is C48H31N3. The van der Waals surface area contributed by atoms with Gasteiger partial charge < -0.3 is 14.1 Å². The van der Waals surface area contributed by atoms with E-state index in [2.05, 4.69) is 196 Å². The van der Waals surface area contributed by atoms with E-state index in [1.807, 2.05) is 0 Å². The van der Waals surface area contributed by atoms with Crippen molar-refractivity contribution in [2.24, 2.45) is 0 Å². The maximum absolute atomic E-state index is 3.68. The molecule has 0 aliphatic carbocycles. The summed E-state index contributed by atoms with van der Waals surface area (Å²) in [5.41, 5.74) is 14.3. The first kappa shape index (κ1) is 28.0. The van der Waals surface area contributed by atoms with Gasteiger partial charge in [-0.3, -0.25) is 0 Å². The lowest BCUT2D eigenvalue weighted by atomic mass is 9.98. The Morgan fingerprint density at radius 2 is 0.686 bits per heavy atom. The Balaban J connectivity index is 1.05. The van der Waals surface area contributed by atoms with Crippen LogP contribution in [-0.4, -0.2) is 14.1 Å². The van der Waals surface area contributed by atoms with Gasteiger partial charge in [0.05, 0.1) is 22.1 Å². The van der Waals surface area contributed by atoms with Gasteiger partial charge in [-0.1, -0.05) is 103 Å². The molecule has 3 aromatic heterocycles. The molecule has 11 aromatic rings. The van der Waals surface area contributed by atoms with Crippen molar-refractivity contribution in [1.29, 1.82) is 0 Å². The molecule has 0 spiro atoms. The van der Waals surface area contributed by atoms with Gasteiger partial charge in [0.25, 0.3) is 0 Å². The van der Waals surface area contributed by atoms with E-state index in [4.69, 9.17) is 0 Å². The molecule has 0 aliphatic heterocycles. The molecule has 0 unspecified atom stereocenters. The van der Waals surface area contributed by atoms with E-state index < -0.39 is 0 Å². The molecule has 0 saturated carbocycles. The maximum atomic E-state index is 3.68. The number of H-pyrrole nitrogens is 1. The van der Waals surface area contributed by atoms with Gasteiger partial charge in [-0.2, -0.15) is 0 Å². The highest BCUT2D eigenvalue weighted by Crippen LogP contribution is 2.39. The molecule has 0 fully saturated rings. The van der Waals surface area contributed by atoms with E-state index >= 15 is 0 Å². The second-order valence-electron chi connectivity index (χ2n) is 13.5. The first-order chi connectivity index (χ1) is 25.3. The first-order valence-corrected chi connectivity index (χ1v) is 17.5. The van der Waals surface area contributed by atoms with Gasteiger partial charge in [-0.25, -0.2) is 0 Å². The normalized spacial score (nSPS) is 11.9. The summed E-state index contributed by atoms with van der Waals surface area (Å²) in [6.07, 6.45) is 0. The lowest BCUT2D eigenvalue weighted by Gasteiger charge is -2.09. The van der Waals surface area contributed by atoms with Crippen LogP contribution in [0.15, 0.2) is 182 Å². The predicted molar refractivity (Wildman–Crippen MR) is 215 cm³/mol. The Morgan fingerprint density at radius 1 is 0.275 bits per heavy atom. The van der Waals surface area contributed by atoms with Crippen LogP contribution in [0.25, 0.3) is 99.0 Å². The summed E-state index contributed by atoms with van der Waals surface area (Å²) in [7, 11) is 0. The number of rotatable bonds is 4. The molecule has 3 heterocycles. The minimum absolute atomic E-state index is 1.15. The standard InChI is InChI=1S/C48H31N3/c1-3-11-35(12-4-1)50-46-18-10-8-16-38(46)42-29-33(22-26-47(42)50)31-20-24-43-40(27-31)41-28-32(21-25-44(41)49-43)34-19-23-39-37-15-7-9-17-45(37)51(48(39)30-34)36-13-5-2-6-14-36/h1-30,49H. The fraction of sp³-hybridized carbons (Fsp3) is 0. The Kier molecular flexibility index (Phi) is 5.96. The summed E-state index contributed by atoms with van der Waals surface area (Å²) in [6, 6.07) is 66.2. The van der Waals surface area contributed by atoms with E-state index in [1.54, 1.807) is 0 Å². The van der Waals surface area contributed by atoms with Crippen molar-refractivity contribution < 1.29 is 0 Å². The Bertz CT molecular complexity index is 3120. The summed E-state index contributed by atoms with van der Waals surface area (Å²) >= 11 is 0. The van der Waals surface area contributed by atoms with Crippen LogP contribution in [0.3, 0.4) is 0 Å². The Morgan fingerprint density at radius 3 is 1.29 bits per heavy atom. The van der Waals surface area contributed by atoms with Crippen molar-refractivity contribution >= 4 is 65.4 Å². The number of nitrogens with zero attached hydrogens (tertiary/aromatic N) is 2. The highest BCUT2D eigenvalue weighted by Gasteiger charge is 2.16. The molecule has 51 heavy (non-hydrogen) atoms. The van der Waals surface area contributed by atoms with Crippen molar-refractivity contribution in [3.8, 4) is 33.6 Å². The largest absolute Gasteiger partial charge is 0.355 e. The zero-order valence-electron chi connectivity index (χ0n) is 27.7. The average molecular weight is 650 g/mol. The van der Waals surface area contributed by atoms with Crippen LogP contribution in [0.4, 0.5) is 0 Å². The lowest BCUT2D eigenvalue weighted by Crippen LogP contribution is -1.93. The van der Waals surface area contributed by atoms with Crippen LogP contribution >= 0.6 is 0 Å². The number of benzene rings is 8. The monoisotopic (exact) mass is 649 g/mol. The summed E-state index contributed by atoms with van der Waals surface area (Å²) in [6.45, 7) is 0. The summed E-state index contributed by atoms with van der Waals surface area (Å²) in [4.78, 5) is 3.68. The zero-order chi connectivity index (χ0) is 33.5. The van der Waals surface area contributed by atoms with Crippen LogP contribution in [0.1, 0.15) is 0 Å². The topological polar surface area (TPSA) is 25.6 Å². The van der Waals surface area contributed by atoms with Gasteiger partial charge in [0.15, 0.2) is 0 Å². The molecule has 0 radical (unpaired) electrons. The fourth-order valence-electron chi connectivity index (χ4n) is 8.27. The SMILES string of the molecule is c1ccc(-n2c3ccccc3c3cc(-c4ccc5[nH]c6ccc(-c7ccc8c9ccccc9n(-c9ccccc9)c8c7)cc6c5c4)ccc32)cc1. The molecule has 3 nitrogen and oxygen atoms in total. The second-order valence-corrected chi connectivity index (χ2v) is 13.5. The average Bonchev–Trinajstić information content (AvgIpc) is 3.85. The van der Waals surface area contributed by atoms with E-state index in [9.17, 15) is 0 Å². The molecule has 11 rings (SSSR count). The van der Waals surface area contributed by atoms with Crippen molar-refractivity contribution in [2.45, 2.75) is 0 Å². The minimum atomic E-state index is 1.15. The van der Waals surface area contributed by atoms with Crippen LogP contribution in [0, 0.1) is 0 Å². The smallest absolute Gasteiger partial charge is 0.0547 e. The molecule has 1 N–H and O–H groups in total. The predicted octanol–water partition coefficient (Wildman–Crippen LogP) is 12.8. The van der Waals surface area contributed by atoms with Crippen molar-refractivity contribution in [1.82, 2.24) is 14.1 Å². The van der Waals surface area contributed by atoms with Gasteiger partial charge >= 0.3 is 0 Å². The van der Waals surface area contributed by atoms with Gasteiger partial charge in [0.1, 0.15) is 0 Å². The van der Waals surface area contributed by atoms with Crippen LogP contribution in [0.5, 0.6) is 0 Å². The highest BCUT2D eigenvalue weighted by molar-refractivity contribution is 6.13. The Labute approximate surface area is 294 Å². The zero-order valence-corrected chi connectivity index (χ0v) is 27.7. The number of hydrogen-bond donors (Lipinski definition) is 1. The van der Waals surface area contributed by atoms with Crippen molar-refractivity contribution in [3.05, 3.63) is 182 Å². The maximum Gasteiger partial charge on any atom is 0.0547 e. The number of hydrogen-bond acceptors (Lipinski definition) is 0. The number of para-hydroxylation sites is 4. The van der Waals surface area contributed by atoms with Crippen molar-refractivity contribution in [2.75, 3.05) is 0 Å². The van der Waals surface area contributed by atoms with E-state index in [0.717, 1.165) is 11.0 Å². The number of fused-ring (bicyclic) bond motifs is 9. The molecule has 0 atom stereocenters. The third kappa shape index (κ3) is 4.25. The minimum Gasteiger partial charge on any atom is -0.355 e. The molecule has 0 aliphatic rings. The van der Waals surface area contributed by atoms with Crippen LogP contribution in [0.2, 0.25) is 0 Å². The van der Waals surface area contributed by atoms with Gasteiger partial charge in [-0.05, 0) is 101 Å². The number of aromatic nitrogens is 3. The van der Waals surface area contributed by atoms with E-state index in [-0.39, 0.29) is 0 Å². The number of nitrogens with one attached hydrogen (secondary N) is 1. The van der Waals surface area contributed by atoms with Gasteiger partial charge in [0, 0.05) is 54.7 Å². The molecule has 0 saturated heterocycles. The fourth-order valence-corrected chi connectivity index (χ4v) is 8.27. The van der Waals surface area contributed by atoms with E-state index in [0.29, 0.717) is 0 Å². The molecular weight excluding hydrogens is 619 g/mol. The molecule has 238 valence electrons. The first-order valence-electron chi connectivity index (χ1n) is 17.5. The van der Waals surface area contributed by atoms with Crippen molar-refractivity contribution in [3.63, 3.8) is 0 Å². The van der Waals surface area contributed by atoms with Gasteiger partial charge in [-0.15, -0.1) is 0 Å². The molecule has 3 heteroatoms. The molecule has 8 aromatic carbocycles. The Hall–Kier alpha value is -6.84. The van der Waals surface area contributed by atoms with E-state index in [1.165, 1.54) is 88.0 Å². The third-order valence-corrected chi connectivity index (χ3v) is 10.6. The quantitative estimate of drug-likeness (QED) is 0.196. The summed E-state index contributed by atoms with van der Waals surface area (Å²) in [5, 5.41) is 7.52. The molecule has 0 bridgehead atoms. The highest BCUT2D eigenvalue weighted by atomic mass is 15.0. The van der Waals surface area contributed by atoms with Crippen LogP contribution < -0.4 is 0 Å². The number of aromatic amines is 1. The lowest BCUT2D eigenvalue weighted by molar-refractivity contribution is 1.18. The molecule has 0 amide bonds. The van der Waals surface area contributed by atoms with Crippen LogP contribution in [-0.2, 0) is 0 Å². The van der Waals surface area contributed by atoms with Gasteiger partial charge in [0.2, 0.25) is 0 Å². The second kappa shape index (κ2) is 10.8. The third-order valence-electron chi connectivity index (χ3n) is 10.6. The summed E-state index contributed by atoms with van der Waals surface area (Å²) < 4.78 is 4.76. The summed E-state index contributed by atoms with van der Waals surface area (Å²) in [5.74, 6) is 0.